The maximum Gasteiger partial charge on any atom is 0.323 e. The van der Waals surface area contributed by atoms with Gasteiger partial charge in [-0.3, -0.25) is 14.5 Å². The molecule has 1 fully saturated rings. The van der Waals surface area contributed by atoms with E-state index in [1.165, 1.54) is 0 Å². The number of carboxylic acid groups (broad SMARTS) is 1. The molecule has 0 bridgehead atoms. The molecule has 1 heterocycles. The average molecular weight is 466 g/mol. The third-order valence-electron chi connectivity index (χ3n) is 4.87. The number of thioether (sulfide) groups is 1. The van der Waals surface area contributed by atoms with Crippen molar-refractivity contribution in [2.75, 3.05) is 13.7 Å². The van der Waals surface area contributed by atoms with Crippen molar-refractivity contribution >= 4 is 57.0 Å². The van der Waals surface area contributed by atoms with Crippen LogP contribution in [0.25, 0.3) is 16.8 Å². The number of benzene rings is 3. The lowest BCUT2D eigenvalue weighted by atomic mass is 10.1. The highest BCUT2D eigenvalue weighted by molar-refractivity contribution is 8.26. The Morgan fingerprint density at radius 2 is 1.75 bits per heavy atom. The number of fused-ring (bicyclic) bond motifs is 1. The van der Waals surface area contributed by atoms with Crippen LogP contribution in [0.4, 0.5) is 0 Å². The van der Waals surface area contributed by atoms with E-state index in [1.807, 2.05) is 60.7 Å². The minimum Gasteiger partial charge on any atom is -0.497 e. The third kappa shape index (κ3) is 4.92. The van der Waals surface area contributed by atoms with E-state index in [0.717, 1.165) is 50.1 Å². The number of methoxy groups -OCH3 is 1. The van der Waals surface area contributed by atoms with Crippen LogP contribution in [0, 0.1) is 0 Å². The fourth-order valence-corrected chi connectivity index (χ4v) is 4.49. The highest BCUT2D eigenvalue weighted by atomic mass is 32.2. The van der Waals surface area contributed by atoms with Crippen LogP contribution in [0.1, 0.15) is 11.1 Å². The van der Waals surface area contributed by atoms with Crippen LogP contribution >= 0.6 is 24.0 Å². The summed E-state index contributed by atoms with van der Waals surface area (Å²) in [6, 6.07) is 19.4. The van der Waals surface area contributed by atoms with Crippen molar-refractivity contribution in [3.63, 3.8) is 0 Å². The minimum atomic E-state index is -1.10. The predicted molar refractivity (Wildman–Crippen MR) is 129 cm³/mol. The van der Waals surface area contributed by atoms with Crippen LogP contribution in [0.15, 0.2) is 65.6 Å². The van der Waals surface area contributed by atoms with Crippen LogP contribution in [0.5, 0.6) is 11.5 Å². The molecule has 4 rings (SSSR count). The fraction of sp³-hybridized carbons (Fsp3) is 0.125. The van der Waals surface area contributed by atoms with E-state index < -0.39 is 12.5 Å². The molecule has 0 radical (unpaired) electrons. The second kappa shape index (κ2) is 9.42. The molecule has 0 unspecified atom stereocenters. The second-order valence-corrected chi connectivity index (χ2v) is 8.74. The molecule has 6 nitrogen and oxygen atoms in total. The van der Waals surface area contributed by atoms with Gasteiger partial charge in [0.2, 0.25) is 0 Å². The molecule has 1 N–H and O–H groups in total. The van der Waals surface area contributed by atoms with E-state index in [2.05, 4.69) is 0 Å². The van der Waals surface area contributed by atoms with Crippen molar-refractivity contribution in [1.82, 2.24) is 4.90 Å². The quantitative estimate of drug-likeness (QED) is 0.400. The molecular formula is C24H19NO5S2. The number of hydrogen-bond donors (Lipinski definition) is 1. The predicted octanol–water partition coefficient (Wildman–Crippen LogP) is 4.71. The molecule has 162 valence electrons. The number of ether oxygens (including phenoxy) is 2. The summed E-state index contributed by atoms with van der Waals surface area (Å²) < 4.78 is 11.3. The maximum atomic E-state index is 12.5. The molecule has 1 aliphatic heterocycles. The Bertz CT molecular complexity index is 1240. The summed E-state index contributed by atoms with van der Waals surface area (Å²) in [6.45, 7) is 0.0187. The fourth-order valence-electron chi connectivity index (χ4n) is 3.23. The zero-order chi connectivity index (χ0) is 22.7. The number of carbonyl (C=O) groups is 2. The van der Waals surface area contributed by atoms with Gasteiger partial charge in [-0.2, -0.15) is 0 Å². The number of thiocarbonyl (C=S) groups is 1. The number of rotatable bonds is 7. The first-order valence-corrected chi connectivity index (χ1v) is 10.9. The van der Waals surface area contributed by atoms with Gasteiger partial charge in [0.25, 0.3) is 5.91 Å². The molecule has 0 saturated carbocycles. The highest BCUT2D eigenvalue weighted by Crippen LogP contribution is 2.33. The summed E-state index contributed by atoms with van der Waals surface area (Å²) >= 11 is 6.25. The Morgan fingerprint density at radius 1 is 1.06 bits per heavy atom. The molecule has 3 aromatic carbocycles. The normalized spacial score (nSPS) is 14.9. The van der Waals surface area contributed by atoms with E-state index in [-0.39, 0.29) is 10.2 Å². The number of aliphatic carboxylic acids is 1. The smallest absolute Gasteiger partial charge is 0.323 e. The zero-order valence-corrected chi connectivity index (χ0v) is 18.7. The standard InChI is InChI=1S/C24H19NO5S2/c1-29-19-7-3-15(4-8-19)14-30-20-9-6-17-10-16(2-5-18(17)12-20)11-21-23(28)25(13-22(26)27)24(31)32-21/h2-12H,13-14H2,1H3,(H,26,27)/b21-11-. The molecule has 1 amide bonds. The van der Waals surface area contributed by atoms with E-state index in [4.69, 9.17) is 26.8 Å². The van der Waals surface area contributed by atoms with Gasteiger partial charge < -0.3 is 14.6 Å². The van der Waals surface area contributed by atoms with Crippen LogP contribution in [-0.2, 0) is 16.2 Å². The zero-order valence-electron chi connectivity index (χ0n) is 17.1. The highest BCUT2D eigenvalue weighted by Gasteiger charge is 2.33. The van der Waals surface area contributed by atoms with Crippen LogP contribution < -0.4 is 9.47 Å². The Kier molecular flexibility index (Phi) is 6.43. The van der Waals surface area contributed by atoms with Gasteiger partial charge in [0.05, 0.1) is 12.0 Å². The molecule has 3 aromatic rings. The number of amides is 1. The van der Waals surface area contributed by atoms with Gasteiger partial charge in [-0.25, -0.2) is 0 Å². The van der Waals surface area contributed by atoms with Crippen molar-refractivity contribution in [3.05, 3.63) is 76.7 Å². The SMILES string of the molecule is COc1ccc(COc2ccc3cc(/C=C4\SC(=S)N(CC(=O)O)C4=O)ccc3c2)cc1. The van der Waals surface area contributed by atoms with Gasteiger partial charge >= 0.3 is 5.97 Å². The Balaban J connectivity index is 1.48. The van der Waals surface area contributed by atoms with Gasteiger partial charge in [-0.1, -0.05) is 54.3 Å². The lowest BCUT2D eigenvalue weighted by Gasteiger charge is -2.10. The van der Waals surface area contributed by atoms with Gasteiger partial charge in [-0.05, 0) is 58.3 Å². The Labute approximate surface area is 194 Å². The molecule has 8 heteroatoms. The summed E-state index contributed by atoms with van der Waals surface area (Å²) in [5.74, 6) is 0.0815. The van der Waals surface area contributed by atoms with Crippen molar-refractivity contribution in [2.45, 2.75) is 6.61 Å². The third-order valence-corrected chi connectivity index (χ3v) is 6.24. The monoisotopic (exact) mass is 465 g/mol. The average Bonchev–Trinajstić information content (AvgIpc) is 3.05. The minimum absolute atomic E-state index is 0.253. The van der Waals surface area contributed by atoms with Crippen molar-refractivity contribution in [3.8, 4) is 11.5 Å². The summed E-state index contributed by atoms with van der Waals surface area (Å²) in [5, 5.41) is 11.0. The van der Waals surface area contributed by atoms with E-state index in [0.29, 0.717) is 11.5 Å². The largest absolute Gasteiger partial charge is 0.497 e. The summed E-state index contributed by atoms with van der Waals surface area (Å²) in [4.78, 5) is 24.9. The van der Waals surface area contributed by atoms with E-state index in [9.17, 15) is 9.59 Å². The number of carbonyl (C=O) groups excluding carboxylic acids is 1. The Hall–Kier alpha value is -3.36. The van der Waals surface area contributed by atoms with Crippen LogP contribution in [0.3, 0.4) is 0 Å². The topological polar surface area (TPSA) is 76.1 Å². The molecule has 0 spiro atoms. The molecule has 0 aromatic heterocycles. The summed E-state index contributed by atoms with van der Waals surface area (Å²) in [6.07, 6.45) is 1.73. The van der Waals surface area contributed by atoms with Crippen molar-refractivity contribution in [2.24, 2.45) is 0 Å². The molecular weight excluding hydrogens is 446 g/mol. The lowest BCUT2D eigenvalue weighted by molar-refractivity contribution is -0.140. The molecule has 1 saturated heterocycles. The van der Waals surface area contributed by atoms with Crippen LogP contribution in [0.2, 0.25) is 0 Å². The molecule has 0 aliphatic carbocycles. The number of hydrogen-bond acceptors (Lipinski definition) is 6. The van der Waals surface area contributed by atoms with E-state index >= 15 is 0 Å². The summed E-state index contributed by atoms with van der Waals surface area (Å²) in [7, 11) is 1.63. The maximum absolute atomic E-state index is 12.5. The second-order valence-electron chi connectivity index (χ2n) is 7.07. The number of nitrogens with zero attached hydrogens (tertiary/aromatic N) is 1. The first kappa shape index (κ1) is 21.9. The molecule has 1 aliphatic rings. The first-order valence-electron chi connectivity index (χ1n) is 9.69. The van der Waals surface area contributed by atoms with Crippen molar-refractivity contribution < 1.29 is 24.2 Å². The molecule has 32 heavy (non-hydrogen) atoms. The van der Waals surface area contributed by atoms with Gasteiger partial charge in [0.15, 0.2) is 0 Å². The van der Waals surface area contributed by atoms with Gasteiger partial charge in [0, 0.05) is 0 Å². The van der Waals surface area contributed by atoms with Crippen LogP contribution in [-0.4, -0.2) is 39.9 Å². The van der Waals surface area contributed by atoms with Crippen molar-refractivity contribution in [1.29, 1.82) is 0 Å². The summed E-state index contributed by atoms with van der Waals surface area (Å²) in [5.41, 5.74) is 1.88. The van der Waals surface area contributed by atoms with Gasteiger partial charge in [0.1, 0.15) is 29.0 Å². The first-order chi connectivity index (χ1) is 15.4. The Morgan fingerprint density at radius 3 is 2.47 bits per heavy atom. The number of carboxylic acids is 1. The lowest BCUT2D eigenvalue weighted by Crippen LogP contribution is -2.33. The van der Waals surface area contributed by atoms with Gasteiger partial charge in [-0.15, -0.1) is 0 Å². The van der Waals surface area contributed by atoms with E-state index in [1.54, 1.807) is 13.2 Å². The molecule has 0 atom stereocenters.